The predicted molar refractivity (Wildman–Crippen MR) is 113 cm³/mol. The molecule has 0 aliphatic heterocycles. The van der Waals surface area contributed by atoms with Crippen molar-refractivity contribution in [3.05, 3.63) is 77.0 Å². The number of hydrogen-bond donors (Lipinski definition) is 2. The van der Waals surface area contributed by atoms with Gasteiger partial charge in [-0.2, -0.15) is 0 Å². The van der Waals surface area contributed by atoms with Crippen molar-refractivity contribution >= 4 is 23.4 Å². The lowest BCUT2D eigenvalue weighted by Gasteiger charge is -2.17. The molecule has 0 radical (unpaired) electrons. The third-order valence-electron chi connectivity index (χ3n) is 4.98. The van der Waals surface area contributed by atoms with Crippen molar-refractivity contribution in [2.24, 2.45) is 5.73 Å². The average molecular weight is 389 g/mol. The zero-order valence-corrected chi connectivity index (χ0v) is 16.2. The topological polar surface area (TPSA) is 90.4 Å². The Labute approximate surface area is 169 Å². The molecule has 29 heavy (non-hydrogen) atoms. The Morgan fingerprint density at radius 3 is 2.76 bits per heavy atom. The molecule has 2 aromatic carbocycles. The first-order chi connectivity index (χ1) is 14.2. The van der Waals surface area contributed by atoms with Gasteiger partial charge in [0.2, 0.25) is 5.91 Å². The number of amides is 1. The number of hydrogen-bond acceptors (Lipinski definition) is 5. The first-order valence-corrected chi connectivity index (χ1v) is 9.60. The number of nitrogens with one attached hydrogen (secondary N) is 1. The van der Waals surface area contributed by atoms with Gasteiger partial charge in [-0.25, -0.2) is 0 Å². The Hall–Kier alpha value is -3.38. The van der Waals surface area contributed by atoms with Gasteiger partial charge >= 0.3 is 0 Å². The molecular formula is C23H23N3O3. The van der Waals surface area contributed by atoms with Crippen LogP contribution in [0.25, 0.3) is 11.6 Å². The number of nitrogens with two attached hydrogens (primary N) is 1. The molecule has 148 valence electrons. The maximum absolute atomic E-state index is 11.5. The zero-order chi connectivity index (χ0) is 20.2. The van der Waals surface area contributed by atoms with Crippen molar-refractivity contribution in [1.82, 2.24) is 5.16 Å². The van der Waals surface area contributed by atoms with Crippen LogP contribution in [0.1, 0.15) is 35.1 Å². The van der Waals surface area contributed by atoms with Crippen LogP contribution in [0.5, 0.6) is 5.75 Å². The first-order valence-electron chi connectivity index (χ1n) is 9.60. The summed E-state index contributed by atoms with van der Waals surface area (Å²) in [6.45, 7) is 2.45. The second-order valence-electron chi connectivity index (χ2n) is 7.02. The predicted octanol–water partition coefficient (Wildman–Crippen LogP) is 3.85. The van der Waals surface area contributed by atoms with Crippen LogP contribution in [0.3, 0.4) is 0 Å². The van der Waals surface area contributed by atoms with E-state index in [4.69, 9.17) is 15.0 Å². The molecule has 1 heterocycles. The Balaban J connectivity index is 1.64. The summed E-state index contributed by atoms with van der Waals surface area (Å²) in [5.41, 5.74) is 11.0. The molecule has 0 spiro atoms. The molecule has 1 aromatic heterocycles. The van der Waals surface area contributed by atoms with E-state index in [0.29, 0.717) is 19.0 Å². The van der Waals surface area contributed by atoms with Crippen molar-refractivity contribution in [2.45, 2.75) is 19.3 Å². The molecule has 6 nitrogen and oxygen atoms in total. The molecule has 0 saturated carbocycles. The van der Waals surface area contributed by atoms with Crippen molar-refractivity contribution in [3.63, 3.8) is 0 Å². The molecular weight excluding hydrogens is 366 g/mol. The van der Waals surface area contributed by atoms with E-state index in [1.54, 1.807) is 6.26 Å². The number of nitrogens with zero attached hydrogens (tertiary/aromatic N) is 1. The van der Waals surface area contributed by atoms with Gasteiger partial charge < -0.3 is 20.3 Å². The molecule has 0 bridgehead atoms. The average Bonchev–Trinajstić information content (AvgIpc) is 3.31. The molecule has 1 amide bonds. The van der Waals surface area contributed by atoms with E-state index in [2.05, 4.69) is 46.9 Å². The maximum atomic E-state index is 11.5. The van der Waals surface area contributed by atoms with Gasteiger partial charge in [0.15, 0.2) is 5.82 Å². The minimum atomic E-state index is -0.180. The Morgan fingerprint density at radius 1 is 1.21 bits per heavy atom. The standard InChI is InChI=1S/C23H23N3O3/c1-15(27)25-23-22(14-29-26-23)21-13-17-4-2-3-5-19(17)20(21)12-16-6-8-18(9-7-16)28-11-10-24/h2-9,13-14,20H,10-12,24H2,1H3,(H,25,26,27). The van der Waals surface area contributed by atoms with Gasteiger partial charge in [-0.1, -0.05) is 41.6 Å². The number of anilines is 1. The van der Waals surface area contributed by atoms with Crippen LogP contribution >= 0.6 is 0 Å². The van der Waals surface area contributed by atoms with Gasteiger partial charge in [0.25, 0.3) is 0 Å². The third-order valence-corrected chi connectivity index (χ3v) is 4.98. The minimum absolute atomic E-state index is 0.133. The van der Waals surface area contributed by atoms with Gasteiger partial charge in [0.1, 0.15) is 18.6 Å². The monoisotopic (exact) mass is 389 g/mol. The lowest BCUT2D eigenvalue weighted by molar-refractivity contribution is -0.114. The highest BCUT2D eigenvalue weighted by molar-refractivity contribution is 5.97. The van der Waals surface area contributed by atoms with E-state index in [0.717, 1.165) is 23.3 Å². The van der Waals surface area contributed by atoms with Gasteiger partial charge in [0.05, 0.1) is 5.56 Å². The normalized spacial score (nSPS) is 15.0. The van der Waals surface area contributed by atoms with Crippen LogP contribution in [0.2, 0.25) is 0 Å². The number of allylic oxidation sites excluding steroid dienone is 1. The van der Waals surface area contributed by atoms with Gasteiger partial charge in [-0.05, 0) is 46.9 Å². The highest BCUT2D eigenvalue weighted by Gasteiger charge is 2.29. The quantitative estimate of drug-likeness (QED) is 0.640. The summed E-state index contributed by atoms with van der Waals surface area (Å²) in [5, 5.41) is 6.73. The summed E-state index contributed by atoms with van der Waals surface area (Å²) in [6, 6.07) is 16.4. The number of aromatic nitrogens is 1. The molecule has 1 atom stereocenters. The molecule has 4 rings (SSSR count). The first kappa shape index (κ1) is 19.0. The van der Waals surface area contributed by atoms with Crippen LogP contribution < -0.4 is 15.8 Å². The summed E-state index contributed by atoms with van der Waals surface area (Å²) < 4.78 is 10.7. The van der Waals surface area contributed by atoms with Crippen molar-refractivity contribution in [2.75, 3.05) is 18.5 Å². The number of benzene rings is 2. The number of carbonyl (C=O) groups excluding carboxylic acids is 1. The van der Waals surface area contributed by atoms with Gasteiger partial charge in [-0.3, -0.25) is 4.79 Å². The lowest BCUT2D eigenvalue weighted by Crippen LogP contribution is -2.10. The fourth-order valence-electron chi connectivity index (χ4n) is 3.71. The van der Waals surface area contributed by atoms with Crippen LogP contribution in [-0.2, 0) is 11.2 Å². The SMILES string of the molecule is CC(=O)Nc1nocc1C1=Cc2ccccc2C1Cc1ccc(OCCN)cc1. The number of carbonyl (C=O) groups is 1. The molecule has 3 aromatic rings. The Bertz CT molecular complexity index is 1040. The number of rotatable bonds is 7. The second kappa shape index (κ2) is 8.32. The van der Waals surface area contributed by atoms with Crippen LogP contribution in [0, 0.1) is 0 Å². The molecule has 1 aliphatic rings. The summed E-state index contributed by atoms with van der Waals surface area (Å²) in [4.78, 5) is 11.5. The molecule has 1 unspecified atom stereocenters. The fourth-order valence-corrected chi connectivity index (χ4v) is 3.71. The summed E-state index contributed by atoms with van der Waals surface area (Å²) >= 11 is 0. The highest BCUT2D eigenvalue weighted by atomic mass is 16.5. The zero-order valence-electron chi connectivity index (χ0n) is 16.2. The van der Waals surface area contributed by atoms with Crippen molar-refractivity contribution < 1.29 is 14.1 Å². The molecule has 3 N–H and O–H groups in total. The van der Waals surface area contributed by atoms with Gasteiger partial charge in [0, 0.05) is 19.4 Å². The minimum Gasteiger partial charge on any atom is -0.492 e. The number of fused-ring (bicyclic) bond motifs is 1. The van der Waals surface area contributed by atoms with E-state index < -0.39 is 0 Å². The van der Waals surface area contributed by atoms with E-state index in [1.165, 1.54) is 23.6 Å². The second-order valence-corrected chi connectivity index (χ2v) is 7.02. The molecule has 0 fully saturated rings. The molecule has 1 aliphatic carbocycles. The molecule has 0 saturated heterocycles. The van der Waals surface area contributed by atoms with Crippen LogP contribution in [-0.4, -0.2) is 24.2 Å². The van der Waals surface area contributed by atoms with E-state index in [-0.39, 0.29) is 11.8 Å². The van der Waals surface area contributed by atoms with Crippen LogP contribution in [0.15, 0.2) is 59.3 Å². The smallest absolute Gasteiger partial charge is 0.222 e. The fraction of sp³-hybridized carbons (Fsp3) is 0.217. The Morgan fingerprint density at radius 2 is 2.00 bits per heavy atom. The van der Waals surface area contributed by atoms with Crippen molar-refractivity contribution in [1.29, 1.82) is 0 Å². The van der Waals surface area contributed by atoms with E-state index >= 15 is 0 Å². The van der Waals surface area contributed by atoms with E-state index in [9.17, 15) is 4.79 Å². The largest absolute Gasteiger partial charge is 0.492 e. The summed E-state index contributed by atoms with van der Waals surface area (Å²) in [5.74, 6) is 1.22. The summed E-state index contributed by atoms with van der Waals surface area (Å²) in [7, 11) is 0. The maximum Gasteiger partial charge on any atom is 0.222 e. The molecule has 6 heteroatoms. The highest BCUT2D eigenvalue weighted by Crippen LogP contribution is 2.45. The third kappa shape index (κ3) is 4.07. The number of ether oxygens (including phenoxy) is 1. The summed E-state index contributed by atoms with van der Waals surface area (Å²) in [6.07, 6.45) is 4.56. The lowest BCUT2D eigenvalue weighted by atomic mass is 9.87. The van der Waals surface area contributed by atoms with Crippen molar-refractivity contribution in [3.8, 4) is 5.75 Å². The Kier molecular flexibility index (Phi) is 5.44. The van der Waals surface area contributed by atoms with Gasteiger partial charge in [-0.15, -0.1) is 0 Å². The van der Waals surface area contributed by atoms with E-state index in [1.807, 2.05) is 18.2 Å². The van der Waals surface area contributed by atoms with Crippen LogP contribution in [0.4, 0.5) is 5.82 Å².